The normalized spacial score (nSPS) is 10.6. The summed E-state index contributed by atoms with van der Waals surface area (Å²) < 4.78 is 19.2. The Labute approximate surface area is 300 Å². The van der Waals surface area contributed by atoms with Crippen LogP contribution in [-0.4, -0.2) is 29.4 Å². The van der Waals surface area contributed by atoms with Crippen molar-refractivity contribution in [2.24, 2.45) is 0 Å². The fraction of sp³-hybridized carbons (Fsp3) is 0.361. The van der Waals surface area contributed by atoms with E-state index in [0.29, 0.717) is 0 Å². The van der Waals surface area contributed by atoms with Crippen LogP contribution in [0.4, 0.5) is 0 Å². The molecule has 4 aromatic carbocycles. The molecule has 0 spiro atoms. The zero-order chi connectivity index (χ0) is 29.7. The molecule has 0 fully saturated rings. The standard InChI is InChI=1S/C36H45O3Si.3ClH.Ti/c1-20-14-17-23(4)33(30(20)37-11)40(36-28(9)26(7)27(8)29(36)10,34-24(5)18-15-21(2)31(34)38-12)35-25(6)19-16-22(3)32(35)39-13;;;;/h14-19H,1-13H3;3*1H;/q-1;;;;+4/p-3. The third kappa shape index (κ3) is 6.28. The van der Waals surface area contributed by atoms with Crippen molar-refractivity contribution in [2.75, 3.05) is 21.3 Å². The van der Waals surface area contributed by atoms with Crippen molar-refractivity contribution in [1.82, 2.24) is 0 Å². The van der Waals surface area contributed by atoms with E-state index >= 15 is 0 Å². The third-order valence-corrected chi connectivity index (χ3v) is 14.9. The summed E-state index contributed by atoms with van der Waals surface area (Å²) in [5, 5.41) is 5.22. The molecule has 0 N–H and O–H groups in total. The number of ether oxygens (including phenoxy) is 3. The Bertz CT molecular complexity index is 1460. The predicted octanol–water partition coefficient (Wildman–Crippen LogP) is -3.10. The fourth-order valence-corrected chi connectivity index (χ4v) is 14.0. The minimum Gasteiger partial charge on any atom is -1.00 e. The molecule has 0 aromatic heterocycles. The molecule has 44 heavy (non-hydrogen) atoms. The van der Waals surface area contributed by atoms with Gasteiger partial charge in [-0.2, -0.15) is 22.3 Å². The Morgan fingerprint density at radius 3 is 0.886 bits per heavy atom. The summed E-state index contributed by atoms with van der Waals surface area (Å²) in [5.74, 6) is 2.86. The zero-order valence-electron chi connectivity index (χ0n) is 28.3. The second kappa shape index (κ2) is 16.2. The van der Waals surface area contributed by atoms with E-state index in [2.05, 4.69) is 106 Å². The van der Waals surface area contributed by atoms with E-state index < -0.39 is 8.07 Å². The van der Waals surface area contributed by atoms with Crippen molar-refractivity contribution in [2.45, 2.75) is 69.2 Å². The van der Waals surface area contributed by atoms with Gasteiger partial charge in [-0.05, 0) is 90.5 Å². The van der Waals surface area contributed by atoms with Gasteiger partial charge >= 0.3 is 21.7 Å². The van der Waals surface area contributed by atoms with E-state index in [1.807, 2.05) is 21.3 Å². The first kappa shape index (κ1) is 42.2. The Kier molecular flexibility index (Phi) is 15.5. The number of halogens is 3. The maximum atomic E-state index is 6.38. The smallest absolute Gasteiger partial charge is 1.00 e. The van der Waals surface area contributed by atoms with Gasteiger partial charge in [0, 0.05) is 0 Å². The van der Waals surface area contributed by atoms with Crippen LogP contribution in [0, 0.1) is 69.2 Å². The molecule has 8 heteroatoms. The summed E-state index contributed by atoms with van der Waals surface area (Å²) in [4.78, 5) is 0. The summed E-state index contributed by atoms with van der Waals surface area (Å²) >= 11 is 0. The van der Waals surface area contributed by atoms with Gasteiger partial charge in [-0.3, -0.25) is 0 Å². The second-order valence-corrected chi connectivity index (χ2v) is 14.9. The molecule has 0 aliphatic heterocycles. The van der Waals surface area contributed by atoms with Crippen LogP contribution in [0.15, 0.2) is 36.4 Å². The van der Waals surface area contributed by atoms with Crippen LogP contribution in [0.3, 0.4) is 0 Å². The molecule has 0 atom stereocenters. The average Bonchev–Trinajstić information content (AvgIpc) is 3.12. The minimum absolute atomic E-state index is 0. The number of methoxy groups -OCH3 is 3. The predicted molar refractivity (Wildman–Crippen MR) is 173 cm³/mol. The first-order valence-electron chi connectivity index (χ1n) is 14.1. The third-order valence-electron chi connectivity index (χ3n) is 9.24. The maximum absolute atomic E-state index is 6.38. The van der Waals surface area contributed by atoms with E-state index in [4.69, 9.17) is 14.2 Å². The van der Waals surface area contributed by atoms with Crippen molar-refractivity contribution in [3.8, 4) is 17.2 Å². The van der Waals surface area contributed by atoms with Gasteiger partial charge in [0.05, 0.1) is 21.3 Å². The zero-order valence-corrected chi connectivity index (χ0v) is 33.2. The van der Waals surface area contributed by atoms with Crippen molar-refractivity contribution in [1.29, 1.82) is 0 Å². The van der Waals surface area contributed by atoms with E-state index in [1.165, 1.54) is 59.7 Å². The van der Waals surface area contributed by atoms with Gasteiger partial charge in [-0.25, -0.2) is 0 Å². The Morgan fingerprint density at radius 2 is 0.659 bits per heavy atom. The molecule has 0 saturated carbocycles. The molecule has 4 rings (SSSR count). The Morgan fingerprint density at radius 1 is 0.432 bits per heavy atom. The molecule has 0 amide bonds. The van der Waals surface area contributed by atoms with Crippen LogP contribution in [0.5, 0.6) is 17.2 Å². The van der Waals surface area contributed by atoms with Crippen molar-refractivity contribution < 1.29 is 73.1 Å². The first-order chi connectivity index (χ1) is 18.9. The summed E-state index contributed by atoms with van der Waals surface area (Å²) in [6.07, 6.45) is 0. The van der Waals surface area contributed by atoms with Gasteiger partial charge in [0.2, 0.25) is 0 Å². The van der Waals surface area contributed by atoms with Gasteiger partial charge in [0.25, 0.3) is 0 Å². The molecule has 0 heterocycles. The minimum atomic E-state index is -3.20. The van der Waals surface area contributed by atoms with Gasteiger partial charge < -0.3 is 51.4 Å². The van der Waals surface area contributed by atoms with Crippen molar-refractivity contribution in [3.05, 3.63) is 92.0 Å². The average molecular weight is 708 g/mol. The van der Waals surface area contributed by atoms with Crippen LogP contribution in [0.1, 0.15) is 55.6 Å². The van der Waals surface area contributed by atoms with Gasteiger partial charge in [0.15, 0.2) is 0 Å². The summed E-state index contributed by atoms with van der Waals surface area (Å²) in [7, 11) is 2.24. The van der Waals surface area contributed by atoms with Crippen LogP contribution < -0.4 is 72.2 Å². The van der Waals surface area contributed by atoms with Crippen LogP contribution in [0.2, 0.25) is 0 Å². The second-order valence-electron chi connectivity index (χ2n) is 11.4. The molecule has 236 valence electrons. The number of hydrogen-bond acceptors (Lipinski definition) is 3. The largest absolute Gasteiger partial charge is 4.00 e. The quantitative estimate of drug-likeness (QED) is 0.116. The van der Waals surface area contributed by atoms with E-state index in [1.54, 1.807) is 0 Å². The van der Waals surface area contributed by atoms with Gasteiger partial charge in [-0.1, -0.05) is 64.1 Å². The molecule has 0 radical (unpaired) electrons. The van der Waals surface area contributed by atoms with Crippen molar-refractivity contribution >= 4 is 28.8 Å². The van der Waals surface area contributed by atoms with E-state index in [9.17, 15) is 0 Å². The van der Waals surface area contributed by atoms with Gasteiger partial charge in [0.1, 0.15) is 25.3 Å². The summed E-state index contributed by atoms with van der Waals surface area (Å²) in [5.41, 5.74) is 12.4. The Balaban J connectivity index is 0.00000462. The fourth-order valence-electron chi connectivity index (χ4n) is 7.07. The maximum Gasteiger partial charge on any atom is 4.00 e. The van der Waals surface area contributed by atoms with E-state index in [-0.39, 0.29) is 58.9 Å². The van der Waals surface area contributed by atoms with Crippen LogP contribution in [-0.2, 0) is 21.7 Å². The summed E-state index contributed by atoms with van der Waals surface area (Å²) in [6.45, 7) is 22.3. The molecule has 0 aliphatic carbocycles. The number of benzene rings is 3. The van der Waals surface area contributed by atoms with E-state index in [0.717, 1.165) is 33.9 Å². The topological polar surface area (TPSA) is 27.7 Å². The molecule has 0 saturated heterocycles. The molecular formula is C36H45Cl3O3SiTi. The van der Waals surface area contributed by atoms with Crippen LogP contribution in [0.25, 0.3) is 0 Å². The van der Waals surface area contributed by atoms with Crippen molar-refractivity contribution in [3.63, 3.8) is 0 Å². The first-order valence-corrected chi connectivity index (χ1v) is 16.1. The number of aryl methyl sites for hydroxylation is 6. The molecular weight excluding hydrogens is 663 g/mol. The molecule has 0 bridgehead atoms. The SMILES string of the molecule is COc1c(C)ccc(C)c1[Si](c1c(C)ccc(C)c1OC)(c1c(C)ccc(C)c1OC)[c-]1c(C)c(C)c(C)c1C.[Cl-].[Cl-].[Cl-].[Ti+4]. The van der Waals surface area contributed by atoms with Crippen LogP contribution >= 0.6 is 0 Å². The number of hydrogen-bond donors (Lipinski definition) is 0. The molecule has 3 nitrogen and oxygen atoms in total. The summed E-state index contributed by atoms with van der Waals surface area (Å²) in [6, 6.07) is 13.3. The molecule has 0 aliphatic rings. The monoisotopic (exact) mass is 706 g/mol. The molecule has 4 aromatic rings. The molecule has 0 unspecified atom stereocenters. The number of rotatable bonds is 7. The van der Waals surface area contributed by atoms with Gasteiger partial charge in [-0.15, -0.1) is 5.19 Å². The Hall–Kier alpha value is -1.79.